The molecule has 5 rings (SSSR count). The van der Waals surface area contributed by atoms with Crippen LogP contribution in [-0.2, 0) is 6.11 Å². The average molecular weight is 741 g/mol. The highest BCUT2D eigenvalue weighted by molar-refractivity contribution is 8.45. The van der Waals surface area contributed by atoms with Gasteiger partial charge in [-0.25, -0.2) is 22.0 Å². The Balaban J connectivity index is 1.30. The highest BCUT2D eigenvalue weighted by Crippen LogP contribution is 3.02. The molecule has 0 unspecified atom stereocenters. The van der Waals surface area contributed by atoms with Gasteiger partial charge in [-0.15, -0.1) is 0 Å². The summed E-state index contributed by atoms with van der Waals surface area (Å²) in [5, 5.41) is 0. The second kappa shape index (κ2) is 13.1. The van der Waals surface area contributed by atoms with Crippen molar-refractivity contribution in [2.75, 3.05) is 0 Å². The number of halogens is 12. The summed E-state index contributed by atoms with van der Waals surface area (Å²) in [6.45, 7) is 2.14. The molecule has 0 saturated heterocycles. The first kappa shape index (κ1) is 37.4. The van der Waals surface area contributed by atoms with Crippen LogP contribution in [0.3, 0.4) is 0 Å². The number of rotatable bonds is 11. The van der Waals surface area contributed by atoms with E-state index in [1.807, 2.05) is 0 Å². The van der Waals surface area contributed by atoms with E-state index in [9.17, 15) is 32.6 Å². The zero-order valence-electron chi connectivity index (χ0n) is 26.5. The first-order valence-corrected chi connectivity index (χ1v) is 17.8. The SMILES string of the molecule is CCCCCC1CCC(c2ccc(C(F)(F)Oc3ccc(-c4ccc(-c5cc(F)c(S(F)(F)(F)(F)F)c(F)c5)c(F)c4)c(F)c3)c(F)c2)CC1. The first-order chi connectivity index (χ1) is 23.2. The summed E-state index contributed by atoms with van der Waals surface area (Å²) >= 11 is 0. The zero-order valence-corrected chi connectivity index (χ0v) is 27.3. The molecule has 1 saturated carbocycles. The predicted molar refractivity (Wildman–Crippen MR) is 168 cm³/mol. The Labute approximate surface area is 281 Å². The third-order valence-electron chi connectivity index (χ3n) is 9.00. The van der Waals surface area contributed by atoms with E-state index in [4.69, 9.17) is 0 Å². The van der Waals surface area contributed by atoms with Crippen molar-refractivity contribution in [1.82, 2.24) is 0 Å². The summed E-state index contributed by atoms with van der Waals surface area (Å²) in [5.74, 6) is -9.07. The van der Waals surface area contributed by atoms with Crippen molar-refractivity contribution in [1.29, 1.82) is 0 Å². The fourth-order valence-corrected chi connectivity index (χ4v) is 7.34. The number of unbranched alkanes of at least 4 members (excludes halogenated alkanes) is 2. The van der Waals surface area contributed by atoms with Gasteiger partial charge < -0.3 is 4.74 Å². The zero-order chi connectivity index (χ0) is 36.7. The molecule has 14 heteroatoms. The van der Waals surface area contributed by atoms with Gasteiger partial charge in [-0.05, 0) is 96.7 Å². The molecule has 4 aromatic carbocycles. The Bertz CT molecular complexity index is 1860. The minimum Gasteiger partial charge on any atom is -0.429 e. The van der Waals surface area contributed by atoms with Crippen LogP contribution in [0.5, 0.6) is 5.75 Å². The number of hydrogen-bond acceptors (Lipinski definition) is 1. The van der Waals surface area contributed by atoms with Gasteiger partial charge in [0.05, 0.1) is 5.56 Å². The van der Waals surface area contributed by atoms with Crippen molar-refractivity contribution in [3.05, 3.63) is 107 Å². The van der Waals surface area contributed by atoms with Crippen LogP contribution in [0.25, 0.3) is 22.3 Å². The van der Waals surface area contributed by atoms with Gasteiger partial charge in [0.1, 0.15) is 34.8 Å². The van der Waals surface area contributed by atoms with Gasteiger partial charge in [0.15, 0.2) is 4.90 Å². The van der Waals surface area contributed by atoms with Crippen molar-refractivity contribution < 1.29 is 54.9 Å². The maximum Gasteiger partial charge on any atom is 0.429 e. The summed E-state index contributed by atoms with van der Waals surface area (Å²) < 4.78 is 173. The lowest BCUT2D eigenvalue weighted by Crippen LogP contribution is -2.24. The molecule has 272 valence electrons. The van der Waals surface area contributed by atoms with Crippen molar-refractivity contribution in [2.45, 2.75) is 75.2 Å². The van der Waals surface area contributed by atoms with Crippen molar-refractivity contribution in [2.24, 2.45) is 5.92 Å². The third-order valence-corrected chi connectivity index (χ3v) is 10.2. The van der Waals surface area contributed by atoms with Gasteiger partial charge in [0.2, 0.25) is 0 Å². The van der Waals surface area contributed by atoms with Gasteiger partial charge in [-0.1, -0.05) is 70.2 Å². The molecular weight excluding hydrogens is 708 g/mol. The van der Waals surface area contributed by atoms with Crippen LogP contribution >= 0.6 is 10.2 Å². The van der Waals surface area contributed by atoms with E-state index in [0.29, 0.717) is 23.6 Å². The fraction of sp³-hybridized carbons (Fsp3) is 0.333. The molecular formula is C36H32F12OS. The van der Waals surface area contributed by atoms with E-state index in [1.165, 1.54) is 18.9 Å². The van der Waals surface area contributed by atoms with Crippen molar-refractivity contribution >= 4 is 10.2 Å². The summed E-state index contributed by atoms with van der Waals surface area (Å²) in [7, 11) is -10.8. The standard InChI is InChI=1S/C36H32F12OS/c1-2-3-4-5-21-6-8-22(9-7-21)23-11-15-29(32(39)16-23)36(42,43)49-26-12-14-27(31(38)20-26)24-10-13-28(30(37)17-24)25-18-33(40)35(34(41)19-25)50(44,45,46,47)48/h10-22H,2-9H2,1H3. The fourth-order valence-electron chi connectivity index (χ4n) is 6.49. The molecule has 0 bridgehead atoms. The molecule has 0 amide bonds. The van der Waals surface area contributed by atoms with E-state index in [1.54, 1.807) is 0 Å². The molecule has 4 aromatic rings. The maximum atomic E-state index is 15.1. The molecule has 0 radical (unpaired) electrons. The summed E-state index contributed by atoms with van der Waals surface area (Å²) in [6.07, 6.45) is 4.04. The molecule has 0 aliphatic heterocycles. The number of ether oxygens (including phenoxy) is 1. The largest absolute Gasteiger partial charge is 0.429 e. The summed E-state index contributed by atoms with van der Waals surface area (Å²) in [6, 6.07) is 8.05. The van der Waals surface area contributed by atoms with Gasteiger partial charge in [-0.3, -0.25) is 0 Å². The van der Waals surface area contributed by atoms with E-state index in [0.717, 1.165) is 74.9 Å². The Morgan fingerprint density at radius 2 is 1.22 bits per heavy atom. The molecule has 0 aromatic heterocycles. The second-order valence-corrected chi connectivity index (χ2v) is 15.0. The lowest BCUT2D eigenvalue weighted by atomic mass is 9.77. The van der Waals surface area contributed by atoms with Gasteiger partial charge in [0, 0.05) is 17.2 Å². The smallest absolute Gasteiger partial charge is 0.429 e. The minimum atomic E-state index is -10.8. The molecule has 0 heterocycles. The average Bonchev–Trinajstić information content (AvgIpc) is 2.99. The normalized spacial score (nSPS) is 18.4. The molecule has 1 aliphatic rings. The highest BCUT2D eigenvalue weighted by atomic mass is 32.5. The van der Waals surface area contributed by atoms with Crippen LogP contribution in [0.2, 0.25) is 0 Å². The lowest BCUT2D eigenvalue weighted by Gasteiger charge is -2.40. The Morgan fingerprint density at radius 1 is 0.640 bits per heavy atom. The van der Waals surface area contributed by atoms with Gasteiger partial charge in [0.25, 0.3) is 0 Å². The van der Waals surface area contributed by atoms with Gasteiger partial charge in [-0.2, -0.15) is 8.78 Å². The predicted octanol–water partition coefficient (Wildman–Crippen LogP) is 14.4. The highest BCUT2D eigenvalue weighted by Gasteiger charge is 2.69. The molecule has 50 heavy (non-hydrogen) atoms. The number of benzene rings is 4. The van der Waals surface area contributed by atoms with Crippen LogP contribution in [0, 0.1) is 35.0 Å². The lowest BCUT2D eigenvalue weighted by molar-refractivity contribution is -0.187. The minimum absolute atomic E-state index is 0.0439. The molecule has 1 fully saturated rings. The van der Waals surface area contributed by atoms with Crippen LogP contribution in [-0.4, -0.2) is 0 Å². The van der Waals surface area contributed by atoms with Gasteiger partial charge >= 0.3 is 16.3 Å². The summed E-state index contributed by atoms with van der Waals surface area (Å²) in [4.78, 5) is -3.37. The monoisotopic (exact) mass is 740 g/mol. The Morgan fingerprint density at radius 3 is 1.78 bits per heavy atom. The van der Waals surface area contributed by atoms with Crippen LogP contribution in [0.1, 0.15) is 75.3 Å². The van der Waals surface area contributed by atoms with Crippen molar-refractivity contribution in [3.8, 4) is 28.0 Å². The van der Waals surface area contributed by atoms with Crippen LogP contribution < -0.4 is 4.74 Å². The third kappa shape index (κ3) is 8.38. The Hall–Kier alpha value is -3.81. The van der Waals surface area contributed by atoms with Crippen molar-refractivity contribution in [3.63, 3.8) is 0 Å². The van der Waals surface area contributed by atoms with E-state index < -0.39 is 72.8 Å². The van der Waals surface area contributed by atoms with E-state index >= 15 is 17.6 Å². The molecule has 1 aliphatic carbocycles. The molecule has 0 spiro atoms. The molecule has 1 nitrogen and oxygen atoms in total. The maximum absolute atomic E-state index is 15.1. The first-order valence-electron chi connectivity index (χ1n) is 15.9. The number of alkyl halides is 2. The quantitative estimate of drug-likeness (QED) is 0.110. The van der Waals surface area contributed by atoms with E-state index in [2.05, 4.69) is 11.7 Å². The topological polar surface area (TPSA) is 9.23 Å². The second-order valence-electron chi connectivity index (χ2n) is 12.6. The van der Waals surface area contributed by atoms with Crippen LogP contribution in [0.15, 0.2) is 71.6 Å². The van der Waals surface area contributed by atoms with E-state index in [-0.39, 0.29) is 29.2 Å². The molecule has 0 N–H and O–H groups in total. The molecule has 0 atom stereocenters. The summed E-state index contributed by atoms with van der Waals surface area (Å²) in [5.41, 5.74) is -2.61. The Kier molecular flexibility index (Phi) is 9.78. The van der Waals surface area contributed by atoms with Crippen LogP contribution in [0.4, 0.5) is 50.2 Å². The number of hydrogen-bond donors (Lipinski definition) is 0.